The Balaban J connectivity index is 0. The largest absolute Gasteiger partial charge is 0.312 e. The van der Waals surface area contributed by atoms with Gasteiger partial charge in [0.1, 0.15) is 0 Å². The highest BCUT2D eigenvalue weighted by molar-refractivity contribution is 5.65. The summed E-state index contributed by atoms with van der Waals surface area (Å²) in [6, 6.07) is 19.1. The molecule has 0 heterocycles. The van der Waals surface area contributed by atoms with Crippen LogP contribution < -0.4 is 0 Å². The van der Waals surface area contributed by atoms with Crippen molar-refractivity contribution in [3.8, 4) is 11.1 Å². The smallest absolute Gasteiger partial charge is 0.0140 e. The summed E-state index contributed by atoms with van der Waals surface area (Å²) in [5, 5.41) is 0. The highest BCUT2D eigenvalue weighted by atomic mass is 15.0. The lowest BCUT2D eigenvalue weighted by Gasteiger charge is -2.01. The van der Waals surface area contributed by atoms with Crippen molar-refractivity contribution in [2.75, 3.05) is 21.1 Å². The molecule has 0 atom stereocenters. The van der Waals surface area contributed by atoms with E-state index in [1.165, 1.54) is 16.7 Å². The van der Waals surface area contributed by atoms with Crippen LogP contribution in [0.3, 0.4) is 0 Å². The van der Waals surface area contributed by atoms with Gasteiger partial charge in [0.25, 0.3) is 0 Å². The maximum Gasteiger partial charge on any atom is -0.0140 e. The molecule has 0 radical (unpaired) electrons. The molecule has 2 aromatic carbocycles. The van der Waals surface area contributed by atoms with Crippen LogP contribution in [0.15, 0.2) is 72.8 Å². The van der Waals surface area contributed by atoms with Gasteiger partial charge in [-0.05, 0) is 51.2 Å². The molecular weight excluding hydrogens is 314 g/mol. The van der Waals surface area contributed by atoms with E-state index in [0.717, 1.165) is 6.42 Å². The molecular formula is C25H39N. The van der Waals surface area contributed by atoms with E-state index in [2.05, 4.69) is 72.8 Å². The molecule has 2 aromatic rings. The van der Waals surface area contributed by atoms with Crippen molar-refractivity contribution < 1.29 is 0 Å². The molecule has 1 heteroatoms. The Bertz CT molecular complexity index is 560. The van der Waals surface area contributed by atoms with Crippen LogP contribution in [0.4, 0.5) is 0 Å². The summed E-state index contributed by atoms with van der Waals surface area (Å²) in [5.41, 5.74) is 3.78. The molecule has 1 nitrogen and oxygen atoms in total. The molecule has 0 amide bonds. The molecule has 0 bridgehead atoms. The second kappa shape index (κ2) is 19.2. The highest BCUT2D eigenvalue weighted by Crippen LogP contribution is 2.19. The van der Waals surface area contributed by atoms with Crippen molar-refractivity contribution in [3.63, 3.8) is 0 Å². The monoisotopic (exact) mass is 353 g/mol. The third-order valence-corrected chi connectivity index (χ3v) is 2.84. The first-order valence-corrected chi connectivity index (χ1v) is 9.67. The maximum atomic E-state index is 2.18. The first kappa shape index (κ1) is 26.1. The lowest BCUT2D eigenvalue weighted by molar-refractivity contribution is 0.505. The number of hydrogen-bond acceptors (Lipinski definition) is 1. The molecule has 0 aliphatic carbocycles. The van der Waals surface area contributed by atoms with Gasteiger partial charge in [0, 0.05) is 0 Å². The minimum atomic E-state index is 0.997. The van der Waals surface area contributed by atoms with E-state index in [1.54, 1.807) is 0 Å². The van der Waals surface area contributed by atoms with E-state index in [9.17, 15) is 0 Å². The topological polar surface area (TPSA) is 3.24 Å². The Morgan fingerprint density at radius 3 is 1.62 bits per heavy atom. The summed E-state index contributed by atoms with van der Waals surface area (Å²) >= 11 is 0. The zero-order valence-corrected chi connectivity index (χ0v) is 18.2. The fourth-order valence-corrected chi connectivity index (χ4v) is 1.84. The van der Waals surface area contributed by atoms with Gasteiger partial charge in [0.2, 0.25) is 0 Å². The summed E-state index contributed by atoms with van der Waals surface area (Å²) in [7, 11) is 6.00. The van der Waals surface area contributed by atoms with E-state index in [1.807, 2.05) is 66.7 Å². The summed E-state index contributed by atoms with van der Waals surface area (Å²) in [6.45, 7) is 10.0. The van der Waals surface area contributed by atoms with Gasteiger partial charge in [-0.25, -0.2) is 0 Å². The van der Waals surface area contributed by atoms with Crippen molar-refractivity contribution in [2.45, 2.75) is 41.0 Å². The Kier molecular flexibility index (Phi) is 19.3. The van der Waals surface area contributed by atoms with E-state index in [0.29, 0.717) is 0 Å². The second-order valence-electron chi connectivity index (χ2n) is 5.54. The maximum absolute atomic E-state index is 2.18. The molecule has 0 unspecified atom stereocenters. The van der Waals surface area contributed by atoms with Crippen LogP contribution >= 0.6 is 0 Å². The minimum absolute atomic E-state index is 0.997. The quantitative estimate of drug-likeness (QED) is 0.512. The fraction of sp³-hybridized carbons (Fsp3) is 0.360. The average molecular weight is 354 g/mol. The molecule has 0 aliphatic heterocycles. The Morgan fingerprint density at radius 2 is 1.15 bits per heavy atom. The molecule has 144 valence electrons. The molecule has 0 spiro atoms. The highest BCUT2D eigenvalue weighted by Gasteiger charge is 1.95. The van der Waals surface area contributed by atoms with Crippen LogP contribution in [0.1, 0.15) is 46.6 Å². The van der Waals surface area contributed by atoms with Gasteiger partial charge in [-0.1, -0.05) is 107 Å². The zero-order chi connectivity index (χ0) is 20.2. The Hall–Kier alpha value is -2.12. The molecule has 26 heavy (non-hydrogen) atoms. The Morgan fingerprint density at radius 1 is 0.692 bits per heavy atom. The van der Waals surface area contributed by atoms with Crippen molar-refractivity contribution in [1.82, 2.24) is 4.90 Å². The normalized spacial score (nSPS) is 9.73. The lowest BCUT2D eigenvalue weighted by Crippen LogP contribution is -1.99. The summed E-state index contributed by atoms with van der Waals surface area (Å²) in [5.74, 6) is 0. The fourth-order valence-electron chi connectivity index (χ4n) is 1.84. The second-order valence-corrected chi connectivity index (χ2v) is 5.54. The number of benzene rings is 2. The van der Waals surface area contributed by atoms with Crippen molar-refractivity contribution in [2.24, 2.45) is 0 Å². The van der Waals surface area contributed by atoms with E-state index >= 15 is 0 Å². The van der Waals surface area contributed by atoms with Crippen LogP contribution in [-0.4, -0.2) is 26.0 Å². The molecule has 0 aliphatic rings. The van der Waals surface area contributed by atoms with Gasteiger partial charge < -0.3 is 4.90 Å². The number of hydrogen-bond donors (Lipinski definition) is 0. The van der Waals surface area contributed by atoms with Crippen LogP contribution in [0, 0.1) is 0 Å². The van der Waals surface area contributed by atoms with Crippen molar-refractivity contribution in [3.05, 3.63) is 78.4 Å². The standard InChI is InChI=1S/C18H18.C3H9N.2C2H6/c1-2-3-4-6-9-16-12-14-18(15-13-16)17-10-7-5-8-11-17;1-4(2)3;2*1-2/h2-3,5-15H,4H2,1H3;1-3H3;2*1-2H3. The first-order valence-electron chi connectivity index (χ1n) is 9.67. The lowest BCUT2D eigenvalue weighted by atomic mass is 10.0. The van der Waals surface area contributed by atoms with E-state index in [-0.39, 0.29) is 0 Å². The van der Waals surface area contributed by atoms with Gasteiger partial charge in [-0.15, -0.1) is 0 Å². The van der Waals surface area contributed by atoms with Crippen LogP contribution in [0.5, 0.6) is 0 Å². The summed E-state index contributed by atoms with van der Waals surface area (Å²) in [6.07, 6.45) is 9.56. The third kappa shape index (κ3) is 14.2. The Labute approximate surface area is 163 Å². The molecule has 0 fully saturated rings. The van der Waals surface area contributed by atoms with Crippen molar-refractivity contribution >= 4 is 6.08 Å². The molecule has 0 saturated carbocycles. The van der Waals surface area contributed by atoms with Gasteiger partial charge in [0.05, 0.1) is 0 Å². The summed E-state index contributed by atoms with van der Waals surface area (Å²) < 4.78 is 0. The van der Waals surface area contributed by atoms with E-state index < -0.39 is 0 Å². The predicted molar refractivity (Wildman–Crippen MR) is 123 cm³/mol. The van der Waals surface area contributed by atoms with Gasteiger partial charge in [0.15, 0.2) is 0 Å². The molecule has 0 aromatic heterocycles. The number of allylic oxidation sites excluding steroid dienone is 3. The van der Waals surface area contributed by atoms with Gasteiger partial charge in [-0.3, -0.25) is 0 Å². The molecule has 2 rings (SSSR count). The molecule has 0 N–H and O–H groups in total. The van der Waals surface area contributed by atoms with E-state index in [4.69, 9.17) is 0 Å². The van der Waals surface area contributed by atoms with Crippen LogP contribution in [0.25, 0.3) is 17.2 Å². The third-order valence-electron chi connectivity index (χ3n) is 2.84. The number of nitrogens with zero attached hydrogens (tertiary/aromatic N) is 1. The molecule has 0 saturated heterocycles. The number of rotatable bonds is 4. The minimum Gasteiger partial charge on any atom is -0.312 e. The van der Waals surface area contributed by atoms with Crippen molar-refractivity contribution in [1.29, 1.82) is 0 Å². The SMILES string of the molecule is CC.CC.CC=CCC=Cc1ccc(-c2ccccc2)cc1.CN(C)C. The van der Waals surface area contributed by atoms with Gasteiger partial charge in [-0.2, -0.15) is 0 Å². The predicted octanol–water partition coefficient (Wildman–Crippen LogP) is 7.56. The first-order chi connectivity index (χ1) is 12.6. The average Bonchev–Trinajstić information content (AvgIpc) is 2.69. The van der Waals surface area contributed by atoms with Gasteiger partial charge >= 0.3 is 0 Å². The van der Waals surface area contributed by atoms with Crippen LogP contribution in [-0.2, 0) is 0 Å². The summed E-state index contributed by atoms with van der Waals surface area (Å²) in [4.78, 5) is 2.00. The zero-order valence-electron chi connectivity index (χ0n) is 18.2. The van der Waals surface area contributed by atoms with Crippen LogP contribution in [0.2, 0.25) is 0 Å².